The van der Waals surface area contributed by atoms with Crippen molar-refractivity contribution in [1.82, 2.24) is 14.9 Å². The fourth-order valence-corrected chi connectivity index (χ4v) is 2.71. The second-order valence-corrected chi connectivity index (χ2v) is 6.03. The van der Waals surface area contributed by atoms with Gasteiger partial charge >= 0.3 is 0 Å². The first-order valence-corrected chi connectivity index (χ1v) is 8.13. The SMILES string of the molecule is CC(NC(=O)Cc1cccn1-c1ccc(Cl)cc1)c1cccnc1. The summed E-state index contributed by atoms with van der Waals surface area (Å²) in [6.45, 7) is 1.95. The number of rotatable bonds is 5. The molecule has 3 rings (SSSR count). The highest BCUT2D eigenvalue weighted by Gasteiger charge is 2.12. The molecule has 122 valence electrons. The number of pyridine rings is 1. The molecule has 0 aliphatic rings. The summed E-state index contributed by atoms with van der Waals surface area (Å²) >= 11 is 5.93. The molecule has 2 heterocycles. The molecule has 5 heteroatoms. The van der Waals surface area contributed by atoms with Crippen LogP contribution in [0, 0.1) is 0 Å². The van der Waals surface area contributed by atoms with Crippen molar-refractivity contribution >= 4 is 17.5 Å². The number of nitrogens with one attached hydrogen (secondary N) is 1. The predicted octanol–water partition coefficient (Wildman–Crippen LogP) is 3.95. The summed E-state index contributed by atoms with van der Waals surface area (Å²) in [5.74, 6) is -0.0275. The van der Waals surface area contributed by atoms with Crippen LogP contribution in [-0.4, -0.2) is 15.5 Å². The molecule has 0 bridgehead atoms. The molecule has 0 aliphatic carbocycles. The molecule has 0 radical (unpaired) electrons. The number of hydrogen-bond acceptors (Lipinski definition) is 2. The number of nitrogens with zero attached hydrogens (tertiary/aromatic N) is 2. The van der Waals surface area contributed by atoms with E-state index in [2.05, 4.69) is 10.3 Å². The number of carbonyl (C=O) groups is 1. The van der Waals surface area contributed by atoms with E-state index >= 15 is 0 Å². The average molecular weight is 340 g/mol. The number of carbonyl (C=O) groups excluding carboxylic acids is 1. The second kappa shape index (κ2) is 7.32. The molecule has 0 saturated heterocycles. The van der Waals surface area contributed by atoms with Crippen LogP contribution in [0.3, 0.4) is 0 Å². The molecule has 4 nitrogen and oxygen atoms in total. The van der Waals surface area contributed by atoms with E-state index in [1.165, 1.54) is 0 Å². The van der Waals surface area contributed by atoms with Gasteiger partial charge in [-0.05, 0) is 55.0 Å². The topological polar surface area (TPSA) is 46.9 Å². The summed E-state index contributed by atoms with van der Waals surface area (Å²) in [5, 5.41) is 3.70. The molecule has 2 aromatic heterocycles. The van der Waals surface area contributed by atoms with Gasteiger partial charge in [-0.1, -0.05) is 17.7 Å². The van der Waals surface area contributed by atoms with Crippen molar-refractivity contribution in [2.24, 2.45) is 0 Å². The van der Waals surface area contributed by atoms with E-state index in [1.807, 2.05) is 66.2 Å². The zero-order chi connectivity index (χ0) is 16.9. The number of hydrogen-bond donors (Lipinski definition) is 1. The number of amides is 1. The van der Waals surface area contributed by atoms with E-state index < -0.39 is 0 Å². The third kappa shape index (κ3) is 3.84. The van der Waals surface area contributed by atoms with Gasteiger partial charge in [0.25, 0.3) is 0 Å². The minimum atomic E-state index is -0.0786. The van der Waals surface area contributed by atoms with Crippen LogP contribution in [0.5, 0.6) is 0 Å². The van der Waals surface area contributed by atoms with Gasteiger partial charge in [0.15, 0.2) is 0 Å². The zero-order valence-corrected chi connectivity index (χ0v) is 14.1. The lowest BCUT2D eigenvalue weighted by Crippen LogP contribution is -2.28. The normalized spacial score (nSPS) is 11.9. The van der Waals surface area contributed by atoms with Gasteiger partial charge in [-0.2, -0.15) is 0 Å². The molecular formula is C19H18ClN3O. The Bertz CT molecular complexity index is 812. The summed E-state index contributed by atoms with van der Waals surface area (Å²) in [6.07, 6.45) is 5.73. The molecule has 1 unspecified atom stereocenters. The first-order valence-electron chi connectivity index (χ1n) is 7.75. The lowest BCUT2D eigenvalue weighted by molar-refractivity contribution is -0.121. The fourth-order valence-electron chi connectivity index (χ4n) is 2.59. The van der Waals surface area contributed by atoms with Gasteiger partial charge in [-0.3, -0.25) is 9.78 Å². The summed E-state index contributed by atoms with van der Waals surface area (Å²) in [6, 6.07) is 15.2. The first-order chi connectivity index (χ1) is 11.6. The van der Waals surface area contributed by atoms with E-state index in [0.717, 1.165) is 16.9 Å². The van der Waals surface area contributed by atoms with Gasteiger partial charge < -0.3 is 9.88 Å². The van der Waals surface area contributed by atoms with Gasteiger partial charge in [-0.15, -0.1) is 0 Å². The average Bonchev–Trinajstić information content (AvgIpc) is 3.04. The predicted molar refractivity (Wildman–Crippen MR) is 95.3 cm³/mol. The summed E-state index contributed by atoms with van der Waals surface area (Å²) in [7, 11) is 0. The fraction of sp³-hybridized carbons (Fsp3) is 0.158. The van der Waals surface area contributed by atoms with E-state index in [4.69, 9.17) is 11.6 Å². The molecule has 0 fully saturated rings. The van der Waals surface area contributed by atoms with Crippen molar-refractivity contribution in [2.75, 3.05) is 0 Å². The molecule has 0 saturated carbocycles. The number of aromatic nitrogens is 2. The molecule has 24 heavy (non-hydrogen) atoms. The lowest BCUT2D eigenvalue weighted by Gasteiger charge is -2.15. The smallest absolute Gasteiger partial charge is 0.226 e. The maximum absolute atomic E-state index is 12.4. The molecule has 0 aliphatic heterocycles. The third-order valence-electron chi connectivity index (χ3n) is 3.84. The number of benzene rings is 1. The molecule has 1 N–H and O–H groups in total. The Hall–Kier alpha value is -2.59. The lowest BCUT2D eigenvalue weighted by atomic mass is 10.1. The maximum atomic E-state index is 12.4. The van der Waals surface area contributed by atoms with Gasteiger partial charge in [-0.25, -0.2) is 0 Å². The van der Waals surface area contributed by atoms with Crippen LogP contribution in [0.4, 0.5) is 0 Å². The van der Waals surface area contributed by atoms with E-state index in [-0.39, 0.29) is 11.9 Å². The monoisotopic (exact) mass is 339 g/mol. The van der Waals surface area contributed by atoms with Gasteiger partial charge in [0.2, 0.25) is 5.91 Å². The molecule has 3 aromatic rings. The third-order valence-corrected chi connectivity index (χ3v) is 4.09. The van der Waals surface area contributed by atoms with Gasteiger partial charge in [0.05, 0.1) is 12.5 Å². The Balaban J connectivity index is 1.69. The van der Waals surface area contributed by atoms with Crippen molar-refractivity contribution in [1.29, 1.82) is 0 Å². The van der Waals surface area contributed by atoms with Crippen LogP contribution in [0.15, 0.2) is 67.1 Å². The van der Waals surface area contributed by atoms with Crippen molar-refractivity contribution in [3.63, 3.8) is 0 Å². The minimum absolute atomic E-state index is 0.0275. The highest BCUT2D eigenvalue weighted by molar-refractivity contribution is 6.30. The maximum Gasteiger partial charge on any atom is 0.226 e. The van der Waals surface area contributed by atoms with Crippen LogP contribution in [0.2, 0.25) is 5.02 Å². The molecule has 0 spiro atoms. The quantitative estimate of drug-likeness (QED) is 0.765. The molecule has 1 aromatic carbocycles. The van der Waals surface area contributed by atoms with Crippen LogP contribution in [0.25, 0.3) is 5.69 Å². The first kappa shape index (κ1) is 16.3. The van der Waals surface area contributed by atoms with E-state index in [1.54, 1.807) is 12.4 Å². The highest BCUT2D eigenvalue weighted by atomic mass is 35.5. The van der Waals surface area contributed by atoms with E-state index in [9.17, 15) is 4.79 Å². The Labute approximate surface area is 146 Å². The van der Waals surface area contributed by atoms with Crippen molar-refractivity contribution in [2.45, 2.75) is 19.4 Å². The van der Waals surface area contributed by atoms with Crippen molar-refractivity contribution < 1.29 is 4.79 Å². The van der Waals surface area contributed by atoms with Crippen LogP contribution >= 0.6 is 11.6 Å². The molecular weight excluding hydrogens is 322 g/mol. The largest absolute Gasteiger partial charge is 0.349 e. The Kier molecular flexibility index (Phi) is 4.96. The standard InChI is InChI=1S/C19H18ClN3O/c1-14(15-4-2-10-21-13-15)22-19(24)12-18-5-3-11-23(18)17-8-6-16(20)7-9-17/h2-11,13-14H,12H2,1H3,(H,22,24). The Morgan fingerprint density at radius 1 is 1.21 bits per heavy atom. The van der Waals surface area contributed by atoms with Gasteiger partial charge in [0, 0.05) is 35.0 Å². The minimum Gasteiger partial charge on any atom is -0.349 e. The van der Waals surface area contributed by atoms with Crippen molar-refractivity contribution in [3.8, 4) is 5.69 Å². The zero-order valence-electron chi connectivity index (χ0n) is 13.3. The Morgan fingerprint density at radius 3 is 2.71 bits per heavy atom. The number of halogens is 1. The summed E-state index contributed by atoms with van der Waals surface area (Å²) in [4.78, 5) is 16.4. The van der Waals surface area contributed by atoms with Crippen molar-refractivity contribution in [3.05, 3.63) is 83.4 Å². The molecule has 1 atom stereocenters. The van der Waals surface area contributed by atoms with Gasteiger partial charge in [0.1, 0.15) is 0 Å². The summed E-state index contributed by atoms with van der Waals surface area (Å²) < 4.78 is 1.99. The van der Waals surface area contributed by atoms with Crippen LogP contribution in [-0.2, 0) is 11.2 Å². The summed E-state index contributed by atoms with van der Waals surface area (Å²) in [5.41, 5.74) is 2.89. The van der Waals surface area contributed by atoms with E-state index in [0.29, 0.717) is 11.4 Å². The van der Waals surface area contributed by atoms with Crippen LogP contribution in [0.1, 0.15) is 24.2 Å². The highest BCUT2D eigenvalue weighted by Crippen LogP contribution is 2.17. The van der Waals surface area contributed by atoms with Crippen LogP contribution < -0.4 is 5.32 Å². The second-order valence-electron chi connectivity index (χ2n) is 5.60. The molecule has 1 amide bonds. The Morgan fingerprint density at radius 2 is 2.00 bits per heavy atom.